The molecule has 3 rings (SSSR count). The minimum atomic E-state index is -0.0325. The third-order valence-corrected chi connectivity index (χ3v) is 3.91. The number of aryl methyl sites for hydroxylation is 1. The Bertz CT molecular complexity index is 666. The quantitative estimate of drug-likeness (QED) is 0.895. The second-order valence-electron chi connectivity index (χ2n) is 5.95. The van der Waals surface area contributed by atoms with Crippen LogP contribution in [0.15, 0.2) is 24.3 Å². The molecule has 116 valence electrons. The van der Waals surface area contributed by atoms with Crippen LogP contribution in [0.2, 0.25) is 0 Å². The molecule has 1 aromatic carbocycles. The largest absolute Gasteiger partial charge is 0.324 e. The third kappa shape index (κ3) is 3.27. The van der Waals surface area contributed by atoms with Crippen LogP contribution >= 0.6 is 0 Å². The summed E-state index contributed by atoms with van der Waals surface area (Å²) in [6.45, 7) is 5.70. The summed E-state index contributed by atoms with van der Waals surface area (Å²) in [5.74, 6) is 1.98. The van der Waals surface area contributed by atoms with Crippen LogP contribution in [0.5, 0.6) is 0 Å². The van der Waals surface area contributed by atoms with Gasteiger partial charge in [0.15, 0.2) is 5.82 Å². The highest BCUT2D eigenvalue weighted by Crippen LogP contribution is 2.21. The molecule has 2 N–H and O–H groups in total. The lowest BCUT2D eigenvalue weighted by molar-refractivity contribution is 0.182. The van der Waals surface area contributed by atoms with Gasteiger partial charge in [0.1, 0.15) is 5.82 Å². The van der Waals surface area contributed by atoms with Crippen molar-refractivity contribution >= 4 is 11.7 Å². The molecule has 2 heterocycles. The second kappa shape index (κ2) is 6.17. The number of piperidine rings is 1. The number of aromatic nitrogens is 3. The summed E-state index contributed by atoms with van der Waals surface area (Å²) in [7, 11) is 0. The Morgan fingerprint density at radius 3 is 3.05 bits per heavy atom. The van der Waals surface area contributed by atoms with Crippen molar-refractivity contribution in [2.45, 2.75) is 26.7 Å². The van der Waals surface area contributed by atoms with Crippen molar-refractivity contribution in [1.82, 2.24) is 20.1 Å². The zero-order valence-electron chi connectivity index (χ0n) is 13.0. The van der Waals surface area contributed by atoms with E-state index in [9.17, 15) is 4.79 Å². The molecule has 1 fully saturated rings. The van der Waals surface area contributed by atoms with E-state index in [0.29, 0.717) is 11.7 Å². The van der Waals surface area contributed by atoms with Crippen LogP contribution < -0.4 is 5.32 Å². The SMILES string of the molecule is Cc1nc(-c2cccc(NC(=O)N3CCC[C@H](C)C3)c2)n[nH]1. The lowest BCUT2D eigenvalue weighted by Crippen LogP contribution is -2.41. The number of hydrogen-bond acceptors (Lipinski definition) is 3. The topological polar surface area (TPSA) is 73.9 Å². The number of benzene rings is 1. The van der Waals surface area contributed by atoms with Gasteiger partial charge in [0.2, 0.25) is 0 Å². The average Bonchev–Trinajstić information content (AvgIpc) is 2.94. The highest BCUT2D eigenvalue weighted by molar-refractivity contribution is 5.90. The predicted octanol–water partition coefficient (Wildman–Crippen LogP) is 3.04. The van der Waals surface area contributed by atoms with Gasteiger partial charge in [-0.25, -0.2) is 9.78 Å². The van der Waals surface area contributed by atoms with Gasteiger partial charge in [0.25, 0.3) is 0 Å². The first-order valence-electron chi connectivity index (χ1n) is 7.67. The summed E-state index contributed by atoms with van der Waals surface area (Å²) >= 11 is 0. The molecule has 0 spiro atoms. The van der Waals surface area contributed by atoms with Crippen LogP contribution in [-0.2, 0) is 0 Å². The first kappa shape index (κ1) is 14.6. The fraction of sp³-hybridized carbons (Fsp3) is 0.438. The number of amides is 2. The van der Waals surface area contributed by atoms with Gasteiger partial charge < -0.3 is 10.2 Å². The average molecular weight is 299 g/mol. The monoisotopic (exact) mass is 299 g/mol. The van der Waals surface area contributed by atoms with Gasteiger partial charge in [-0.3, -0.25) is 5.10 Å². The summed E-state index contributed by atoms with van der Waals surface area (Å²) in [6.07, 6.45) is 2.27. The Morgan fingerprint density at radius 2 is 2.32 bits per heavy atom. The molecule has 0 unspecified atom stereocenters. The fourth-order valence-electron chi connectivity index (χ4n) is 2.78. The van der Waals surface area contributed by atoms with Gasteiger partial charge in [-0.2, -0.15) is 5.10 Å². The Kier molecular flexibility index (Phi) is 4.09. The first-order chi connectivity index (χ1) is 10.6. The van der Waals surface area contributed by atoms with Gasteiger partial charge in [-0.1, -0.05) is 19.1 Å². The van der Waals surface area contributed by atoms with Crippen molar-refractivity contribution in [3.8, 4) is 11.4 Å². The van der Waals surface area contributed by atoms with Gasteiger partial charge in [-0.05, 0) is 37.8 Å². The van der Waals surface area contributed by atoms with Crippen molar-refractivity contribution in [3.05, 3.63) is 30.1 Å². The Morgan fingerprint density at radius 1 is 1.45 bits per heavy atom. The van der Waals surface area contributed by atoms with Crippen LogP contribution in [-0.4, -0.2) is 39.2 Å². The van der Waals surface area contributed by atoms with E-state index in [1.54, 1.807) is 0 Å². The number of anilines is 1. The van der Waals surface area contributed by atoms with Crippen molar-refractivity contribution < 1.29 is 4.79 Å². The number of carbonyl (C=O) groups is 1. The molecule has 6 heteroatoms. The molecule has 1 saturated heterocycles. The molecule has 1 aromatic heterocycles. The summed E-state index contributed by atoms with van der Waals surface area (Å²) in [6, 6.07) is 7.58. The van der Waals surface area contributed by atoms with Crippen LogP contribution in [0.3, 0.4) is 0 Å². The summed E-state index contributed by atoms with van der Waals surface area (Å²) < 4.78 is 0. The molecule has 2 amide bonds. The molecule has 1 aliphatic rings. The zero-order chi connectivity index (χ0) is 15.5. The number of likely N-dealkylation sites (tertiary alicyclic amines) is 1. The van der Waals surface area contributed by atoms with Crippen LogP contribution in [0.4, 0.5) is 10.5 Å². The molecular formula is C16H21N5O. The van der Waals surface area contributed by atoms with Crippen LogP contribution in [0.25, 0.3) is 11.4 Å². The number of carbonyl (C=O) groups excluding carboxylic acids is 1. The van der Waals surface area contributed by atoms with E-state index in [1.807, 2.05) is 36.1 Å². The first-order valence-corrected chi connectivity index (χ1v) is 7.67. The Labute approximate surface area is 129 Å². The van der Waals surface area contributed by atoms with E-state index in [0.717, 1.165) is 36.6 Å². The number of H-pyrrole nitrogens is 1. The smallest absolute Gasteiger partial charge is 0.321 e. The van der Waals surface area contributed by atoms with E-state index in [4.69, 9.17) is 0 Å². The number of nitrogens with one attached hydrogen (secondary N) is 2. The molecule has 0 saturated carbocycles. The van der Waals surface area contributed by atoms with Crippen molar-refractivity contribution in [1.29, 1.82) is 0 Å². The molecular weight excluding hydrogens is 278 g/mol. The van der Waals surface area contributed by atoms with Crippen molar-refractivity contribution in [3.63, 3.8) is 0 Å². The minimum Gasteiger partial charge on any atom is -0.324 e. The summed E-state index contributed by atoms with van der Waals surface area (Å²) in [4.78, 5) is 18.5. The van der Waals surface area contributed by atoms with Gasteiger partial charge in [0.05, 0.1) is 0 Å². The van der Waals surface area contributed by atoms with Gasteiger partial charge >= 0.3 is 6.03 Å². The molecule has 0 radical (unpaired) electrons. The van der Waals surface area contributed by atoms with Crippen LogP contribution in [0.1, 0.15) is 25.6 Å². The zero-order valence-corrected chi connectivity index (χ0v) is 13.0. The predicted molar refractivity (Wildman–Crippen MR) is 85.5 cm³/mol. The molecule has 0 bridgehead atoms. The number of aromatic amines is 1. The van der Waals surface area contributed by atoms with E-state index in [2.05, 4.69) is 27.4 Å². The molecule has 1 atom stereocenters. The lowest BCUT2D eigenvalue weighted by Gasteiger charge is -2.30. The standard InChI is InChI=1S/C16H21N5O/c1-11-5-4-8-21(10-11)16(22)18-14-7-3-6-13(9-14)15-17-12(2)19-20-15/h3,6-7,9,11H,4-5,8,10H2,1-2H3,(H,18,22)(H,17,19,20)/t11-/m0/s1. The molecule has 0 aliphatic carbocycles. The normalized spacial score (nSPS) is 18.3. The summed E-state index contributed by atoms with van der Waals surface area (Å²) in [5, 5.41) is 9.94. The Balaban J connectivity index is 1.71. The Hall–Kier alpha value is -2.37. The number of rotatable bonds is 2. The maximum atomic E-state index is 12.3. The highest BCUT2D eigenvalue weighted by atomic mass is 16.2. The fourth-order valence-corrected chi connectivity index (χ4v) is 2.78. The van der Waals surface area contributed by atoms with Crippen LogP contribution in [0, 0.1) is 12.8 Å². The molecule has 6 nitrogen and oxygen atoms in total. The number of hydrogen-bond donors (Lipinski definition) is 2. The van der Waals surface area contributed by atoms with Gasteiger partial charge in [-0.15, -0.1) is 0 Å². The lowest BCUT2D eigenvalue weighted by atomic mass is 10.0. The van der Waals surface area contributed by atoms with E-state index < -0.39 is 0 Å². The van der Waals surface area contributed by atoms with Gasteiger partial charge in [0, 0.05) is 24.3 Å². The van der Waals surface area contributed by atoms with Crippen molar-refractivity contribution in [2.24, 2.45) is 5.92 Å². The summed E-state index contributed by atoms with van der Waals surface area (Å²) in [5.41, 5.74) is 1.65. The maximum absolute atomic E-state index is 12.3. The second-order valence-corrected chi connectivity index (χ2v) is 5.95. The van der Waals surface area contributed by atoms with Crippen molar-refractivity contribution in [2.75, 3.05) is 18.4 Å². The highest BCUT2D eigenvalue weighted by Gasteiger charge is 2.20. The number of nitrogens with zero attached hydrogens (tertiary/aromatic N) is 3. The van der Waals surface area contributed by atoms with E-state index >= 15 is 0 Å². The molecule has 1 aliphatic heterocycles. The minimum absolute atomic E-state index is 0.0325. The van der Waals surface area contributed by atoms with E-state index in [-0.39, 0.29) is 6.03 Å². The number of urea groups is 1. The maximum Gasteiger partial charge on any atom is 0.321 e. The molecule has 2 aromatic rings. The molecule has 22 heavy (non-hydrogen) atoms. The third-order valence-electron chi connectivity index (χ3n) is 3.91. The van der Waals surface area contributed by atoms with E-state index in [1.165, 1.54) is 6.42 Å².